The Morgan fingerprint density at radius 1 is 1.38 bits per heavy atom. The summed E-state index contributed by atoms with van der Waals surface area (Å²) in [5, 5.41) is 2.87. The number of hydrogen-bond acceptors (Lipinski definition) is 1. The van der Waals surface area contributed by atoms with Gasteiger partial charge in [-0.05, 0) is 36.3 Å². The van der Waals surface area contributed by atoms with E-state index in [1.54, 1.807) is 0 Å². The molecule has 3 rings (SSSR count). The van der Waals surface area contributed by atoms with Crippen molar-refractivity contribution in [3.63, 3.8) is 0 Å². The van der Waals surface area contributed by atoms with Crippen molar-refractivity contribution in [2.24, 2.45) is 11.7 Å². The van der Waals surface area contributed by atoms with E-state index >= 15 is 0 Å². The number of nitrogens with one attached hydrogen (secondary N) is 1. The molecule has 0 aliphatic heterocycles. The van der Waals surface area contributed by atoms with E-state index < -0.39 is 6.03 Å². The minimum absolute atomic E-state index is 0.277. The number of hydrogen-bond donors (Lipinski definition) is 2. The smallest absolute Gasteiger partial charge is 0.312 e. The molecule has 0 saturated heterocycles. The molecule has 0 aromatic heterocycles. The van der Waals surface area contributed by atoms with Crippen LogP contribution in [-0.4, -0.2) is 12.1 Å². The molecular formula is C13H16N2O. The van der Waals surface area contributed by atoms with Crippen molar-refractivity contribution in [3.05, 3.63) is 35.4 Å². The van der Waals surface area contributed by atoms with Gasteiger partial charge in [0.05, 0.1) is 0 Å². The van der Waals surface area contributed by atoms with Crippen molar-refractivity contribution in [2.75, 3.05) is 0 Å². The van der Waals surface area contributed by atoms with Crippen LogP contribution in [0.25, 0.3) is 0 Å². The van der Waals surface area contributed by atoms with Gasteiger partial charge in [0, 0.05) is 12.0 Å². The van der Waals surface area contributed by atoms with Crippen LogP contribution in [0.2, 0.25) is 0 Å². The molecule has 0 bridgehead atoms. The molecule has 0 spiro atoms. The lowest BCUT2D eigenvalue weighted by atomic mass is 10.0. The van der Waals surface area contributed by atoms with Crippen LogP contribution in [0.15, 0.2) is 24.3 Å². The normalized spacial score (nSPS) is 30.9. The van der Waals surface area contributed by atoms with Gasteiger partial charge in [-0.25, -0.2) is 4.79 Å². The number of fused-ring (bicyclic) bond motifs is 3. The first kappa shape index (κ1) is 9.70. The molecule has 2 amide bonds. The summed E-state index contributed by atoms with van der Waals surface area (Å²) in [4.78, 5) is 10.9. The molecule has 16 heavy (non-hydrogen) atoms. The Morgan fingerprint density at radius 2 is 2.19 bits per heavy atom. The quantitative estimate of drug-likeness (QED) is 0.738. The summed E-state index contributed by atoms with van der Waals surface area (Å²) in [7, 11) is 0. The van der Waals surface area contributed by atoms with E-state index in [4.69, 9.17) is 5.73 Å². The molecule has 0 heterocycles. The zero-order valence-electron chi connectivity index (χ0n) is 9.15. The minimum atomic E-state index is -0.393. The molecule has 3 atom stereocenters. The lowest BCUT2D eigenvalue weighted by Crippen LogP contribution is -2.32. The number of carbonyl (C=O) groups excluding carboxylic acids is 1. The van der Waals surface area contributed by atoms with E-state index in [-0.39, 0.29) is 6.04 Å². The SMILES string of the molecule is NC(=O)NC1C2CCCc3ccccc3C21. The molecule has 2 aliphatic rings. The fourth-order valence-corrected chi connectivity index (χ4v) is 3.13. The lowest BCUT2D eigenvalue weighted by Gasteiger charge is -2.08. The van der Waals surface area contributed by atoms with Crippen molar-refractivity contribution >= 4 is 6.03 Å². The largest absolute Gasteiger partial charge is 0.352 e. The predicted molar refractivity (Wildman–Crippen MR) is 62.1 cm³/mol. The maximum atomic E-state index is 10.9. The van der Waals surface area contributed by atoms with Gasteiger partial charge in [-0.1, -0.05) is 24.3 Å². The zero-order chi connectivity index (χ0) is 11.1. The van der Waals surface area contributed by atoms with Gasteiger partial charge in [0.1, 0.15) is 0 Å². The van der Waals surface area contributed by atoms with Gasteiger partial charge >= 0.3 is 6.03 Å². The van der Waals surface area contributed by atoms with Crippen LogP contribution >= 0.6 is 0 Å². The van der Waals surface area contributed by atoms with Crippen LogP contribution < -0.4 is 11.1 Å². The van der Waals surface area contributed by atoms with Crippen LogP contribution in [0.5, 0.6) is 0 Å². The summed E-state index contributed by atoms with van der Waals surface area (Å²) in [6, 6.07) is 8.46. The van der Waals surface area contributed by atoms with Crippen LogP contribution in [0.4, 0.5) is 4.79 Å². The summed E-state index contributed by atoms with van der Waals surface area (Å²) in [6.07, 6.45) is 3.59. The molecule has 3 nitrogen and oxygen atoms in total. The van der Waals surface area contributed by atoms with Crippen LogP contribution in [0.1, 0.15) is 29.9 Å². The Morgan fingerprint density at radius 3 is 3.00 bits per heavy atom. The van der Waals surface area contributed by atoms with Gasteiger partial charge in [0.2, 0.25) is 0 Å². The van der Waals surface area contributed by atoms with Gasteiger partial charge in [0.25, 0.3) is 0 Å². The fourth-order valence-electron chi connectivity index (χ4n) is 3.13. The van der Waals surface area contributed by atoms with Crippen LogP contribution in [-0.2, 0) is 6.42 Å². The second kappa shape index (κ2) is 3.51. The van der Waals surface area contributed by atoms with Crippen LogP contribution in [0.3, 0.4) is 0 Å². The highest BCUT2D eigenvalue weighted by molar-refractivity contribution is 5.73. The van der Waals surface area contributed by atoms with Gasteiger partial charge < -0.3 is 11.1 Å². The standard InChI is InChI=1S/C13H16N2O/c14-13(16)15-12-10-7-3-5-8-4-1-2-6-9(8)11(10)12/h1-2,4,6,10-12H,3,5,7H2,(H3,14,15,16). The topological polar surface area (TPSA) is 55.1 Å². The Kier molecular flexibility index (Phi) is 2.13. The monoisotopic (exact) mass is 216 g/mol. The molecule has 3 unspecified atom stereocenters. The maximum Gasteiger partial charge on any atom is 0.312 e. The molecular weight excluding hydrogens is 200 g/mol. The van der Waals surface area contributed by atoms with E-state index in [1.807, 2.05) is 0 Å². The second-order valence-electron chi connectivity index (χ2n) is 4.82. The summed E-state index contributed by atoms with van der Waals surface area (Å²) in [5.41, 5.74) is 8.06. The van der Waals surface area contributed by atoms with Gasteiger partial charge in [-0.3, -0.25) is 0 Å². The maximum absolute atomic E-state index is 10.9. The molecule has 0 radical (unpaired) electrons. The van der Waals surface area contributed by atoms with E-state index in [0.29, 0.717) is 11.8 Å². The summed E-state index contributed by atoms with van der Waals surface area (Å²) < 4.78 is 0. The third-order valence-corrected chi connectivity index (χ3v) is 3.88. The Labute approximate surface area is 95.0 Å². The summed E-state index contributed by atoms with van der Waals surface area (Å²) in [6.45, 7) is 0. The fraction of sp³-hybridized carbons (Fsp3) is 0.462. The van der Waals surface area contributed by atoms with E-state index in [2.05, 4.69) is 29.6 Å². The molecule has 2 aliphatic carbocycles. The average molecular weight is 216 g/mol. The first-order valence-corrected chi connectivity index (χ1v) is 5.91. The van der Waals surface area contributed by atoms with E-state index in [0.717, 1.165) is 0 Å². The second-order valence-corrected chi connectivity index (χ2v) is 4.82. The van der Waals surface area contributed by atoms with Crippen molar-refractivity contribution in [1.29, 1.82) is 0 Å². The first-order chi connectivity index (χ1) is 7.77. The van der Waals surface area contributed by atoms with Gasteiger partial charge in [-0.2, -0.15) is 0 Å². The molecule has 1 fully saturated rings. The number of benzene rings is 1. The summed E-state index contributed by atoms with van der Waals surface area (Å²) >= 11 is 0. The first-order valence-electron chi connectivity index (χ1n) is 5.91. The highest BCUT2D eigenvalue weighted by Gasteiger charge is 2.52. The third kappa shape index (κ3) is 1.47. The minimum Gasteiger partial charge on any atom is -0.352 e. The Hall–Kier alpha value is -1.51. The van der Waals surface area contributed by atoms with Crippen molar-refractivity contribution in [2.45, 2.75) is 31.2 Å². The highest BCUT2D eigenvalue weighted by Crippen LogP contribution is 2.53. The third-order valence-electron chi connectivity index (χ3n) is 3.88. The van der Waals surface area contributed by atoms with Crippen molar-refractivity contribution < 1.29 is 4.79 Å². The van der Waals surface area contributed by atoms with Crippen LogP contribution in [0, 0.1) is 5.92 Å². The Balaban J connectivity index is 1.89. The number of primary amides is 1. The molecule has 3 heteroatoms. The van der Waals surface area contributed by atoms with Crippen molar-refractivity contribution in [1.82, 2.24) is 5.32 Å². The number of aryl methyl sites for hydroxylation is 1. The average Bonchev–Trinajstić information content (AvgIpc) is 2.94. The van der Waals surface area contributed by atoms with E-state index in [9.17, 15) is 4.79 Å². The molecule has 84 valence electrons. The molecule has 3 N–H and O–H groups in total. The molecule has 1 aromatic rings. The lowest BCUT2D eigenvalue weighted by molar-refractivity contribution is 0.248. The van der Waals surface area contributed by atoms with Crippen molar-refractivity contribution in [3.8, 4) is 0 Å². The number of rotatable bonds is 1. The number of amides is 2. The Bertz CT molecular complexity index is 430. The number of nitrogens with two attached hydrogens (primary N) is 1. The van der Waals surface area contributed by atoms with Gasteiger partial charge in [0.15, 0.2) is 0 Å². The molecule has 1 aromatic carbocycles. The highest BCUT2D eigenvalue weighted by atomic mass is 16.2. The van der Waals surface area contributed by atoms with E-state index in [1.165, 1.54) is 30.4 Å². The van der Waals surface area contributed by atoms with Gasteiger partial charge in [-0.15, -0.1) is 0 Å². The zero-order valence-corrected chi connectivity index (χ0v) is 9.15. The number of urea groups is 1. The summed E-state index contributed by atoms with van der Waals surface area (Å²) in [5.74, 6) is 1.11. The number of carbonyl (C=O) groups is 1. The predicted octanol–water partition coefficient (Wildman–Crippen LogP) is 1.77. The molecule has 1 saturated carbocycles.